The molecule has 0 spiro atoms. The lowest BCUT2D eigenvalue weighted by Gasteiger charge is -2.09. The molecule has 4 rings (SSSR count). The maximum atomic E-state index is 13.0. The first-order valence-corrected chi connectivity index (χ1v) is 8.57. The first-order chi connectivity index (χ1) is 12.6. The quantitative estimate of drug-likeness (QED) is 0.457. The van der Waals surface area contributed by atoms with E-state index in [0.29, 0.717) is 43.6 Å². The molecule has 0 N–H and O–H groups in total. The summed E-state index contributed by atoms with van der Waals surface area (Å²) in [5, 5.41) is 9.39. The Morgan fingerprint density at radius 3 is 2.23 bits per heavy atom. The molecule has 0 radical (unpaired) electrons. The van der Waals surface area contributed by atoms with E-state index in [0.717, 1.165) is 0 Å². The Balaban J connectivity index is 1.86. The molecular weight excluding hydrogens is 369 g/mol. The van der Waals surface area contributed by atoms with E-state index in [1.54, 1.807) is 42.5 Å². The van der Waals surface area contributed by atoms with E-state index < -0.39 is 0 Å². The van der Waals surface area contributed by atoms with Gasteiger partial charge in [-0.1, -0.05) is 35.3 Å². The Morgan fingerprint density at radius 2 is 1.46 bits per heavy atom. The van der Waals surface area contributed by atoms with Crippen molar-refractivity contribution in [2.45, 2.75) is 0 Å². The second-order valence-corrected chi connectivity index (χ2v) is 6.52. The van der Waals surface area contributed by atoms with Crippen LogP contribution in [-0.2, 0) is 0 Å². The van der Waals surface area contributed by atoms with Gasteiger partial charge in [-0.05, 0) is 54.6 Å². The van der Waals surface area contributed by atoms with Gasteiger partial charge in [0, 0.05) is 26.7 Å². The minimum absolute atomic E-state index is 0.184. The smallest absolute Gasteiger partial charge is 0.193 e. The van der Waals surface area contributed by atoms with Gasteiger partial charge in [-0.15, -0.1) is 10.2 Å². The molecule has 0 amide bonds. The number of carbonyl (C=O) groups is 1. The third-order valence-electron chi connectivity index (χ3n) is 3.93. The topological polar surface area (TPSA) is 55.7 Å². The second kappa shape index (κ2) is 6.83. The average Bonchev–Trinajstić information content (AvgIpc) is 2.67. The Kier molecular flexibility index (Phi) is 4.37. The zero-order valence-corrected chi connectivity index (χ0v) is 14.9. The van der Waals surface area contributed by atoms with Gasteiger partial charge in [-0.3, -0.25) is 4.79 Å². The van der Waals surface area contributed by atoms with Gasteiger partial charge in [0.1, 0.15) is 5.52 Å². The fraction of sp³-hybridized carbons (Fsp3) is 0. The Bertz CT molecular complexity index is 1130. The van der Waals surface area contributed by atoms with Gasteiger partial charge in [0.05, 0.1) is 5.52 Å². The highest BCUT2D eigenvalue weighted by Crippen LogP contribution is 2.27. The van der Waals surface area contributed by atoms with Crippen molar-refractivity contribution in [1.29, 1.82) is 0 Å². The molecule has 0 aliphatic heterocycles. The molecule has 0 unspecified atom stereocenters. The number of ketones is 1. The monoisotopic (exact) mass is 379 g/mol. The minimum atomic E-state index is -0.184. The maximum absolute atomic E-state index is 13.0. The van der Waals surface area contributed by atoms with E-state index in [1.165, 1.54) is 0 Å². The number of nitrogens with zero attached hydrogens (tertiary/aromatic N) is 3. The zero-order valence-electron chi connectivity index (χ0n) is 13.4. The summed E-state index contributed by atoms with van der Waals surface area (Å²) in [4.78, 5) is 17.5. The van der Waals surface area contributed by atoms with Crippen LogP contribution in [0.2, 0.25) is 10.0 Å². The summed E-state index contributed by atoms with van der Waals surface area (Å²) in [6.45, 7) is 0. The summed E-state index contributed by atoms with van der Waals surface area (Å²) in [7, 11) is 0. The standard InChI is InChI=1S/C20H11Cl2N3O/c21-13-7-5-12(6-8-13)19(26)16-11-14(22)9-10-15(16)20-23-17-3-1-2-4-18(17)24-25-20/h1-11H. The molecular formula is C20H11Cl2N3O. The molecule has 1 heterocycles. The number of fused-ring (bicyclic) bond motifs is 1. The lowest BCUT2D eigenvalue weighted by molar-refractivity contribution is 0.103. The number of benzene rings is 3. The van der Waals surface area contributed by atoms with E-state index in [2.05, 4.69) is 15.2 Å². The largest absolute Gasteiger partial charge is 0.289 e. The highest BCUT2D eigenvalue weighted by molar-refractivity contribution is 6.31. The summed E-state index contributed by atoms with van der Waals surface area (Å²) in [6, 6.07) is 19.2. The van der Waals surface area contributed by atoms with Crippen molar-refractivity contribution >= 4 is 40.0 Å². The summed E-state index contributed by atoms with van der Waals surface area (Å²) in [5.41, 5.74) is 2.89. The summed E-state index contributed by atoms with van der Waals surface area (Å²) in [5.74, 6) is 0.189. The SMILES string of the molecule is O=C(c1ccc(Cl)cc1)c1cc(Cl)ccc1-c1nnc2ccccc2n1. The van der Waals surface area contributed by atoms with Crippen molar-refractivity contribution in [1.82, 2.24) is 15.2 Å². The summed E-state index contributed by atoms with van der Waals surface area (Å²) < 4.78 is 0. The molecule has 3 aromatic carbocycles. The molecule has 26 heavy (non-hydrogen) atoms. The summed E-state index contributed by atoms with van der Waals surface area (Å²) >= 11 is 12.0. The van der Waals surface area contributed by atoms with Gasteiger partial charge in [0.25, 0.3) is 0 Å². The van der Waals surface area contributed by atoms with Crippen molar-refractivity contribution in [3.63, 3.8) is 0 Å². The van der Waals surface area contributed by atoms with Gasteiger partial charge in [-0.25, -0.2) is 4.98 Å². The van der Waals surface area contributed by atoms with Crippen LogP contribution in [0.1, 0.15) is 15.9 Å². The molecule has 4 nitrogen and oxygen atoms in total. The Hall–Kier alpha value is -2.82. The van der Waals surface area contributed by atoms with E-state index in [1.807, 2.05) is 24.3 Å². The van der Waals surface area contributed by atoms with Crippen molar-refractivity contribution in [2.75, 3.05) is 0 Å². The molecule has 0 bridgehead atoms. The molecule has 4 aromatic rings. The van der Waals surface area contributed by atoms with Crippen LogP contribution in [0, 0.1) is 0 Å². The third kappa shape index (κ3) is 3.17. The zero-order chi connectivity index (χ0) is 18.1. The minimum Gasteiger partial charge on any atom is -0.289 e. The number of rotatable bonds is 3. The molecule has 0 aliphatic rings. The number of hydrogen-bond donors (Lipinski definition) is 0. The average molecular weight is 380 g/mol. The Labute approximate surface area is 159 Å². The molecule has 0 saturated heterocycles. The maximum Gasteiger partial charge on any atom is 0.193 e. The van der Waals surface area contributed by atoms with Gasteiger partial charge in [0.15, 0.2) is 11.6 Å². The van der Waals surface area contributed by atoms with E-state index >= 15 is 0 Å². The number of hydrogen-bond acceptors (Lipinski definition) is 4. The van der Waals surface area contributed by atoms with Crippen molar-refractivity contribution in [3.05, 3.63) is 87.9 Å². The summed E-state index contributed by atoms with van der Waals surface area (Å²) in [6.07, 6.45) is 0. The highest BCUT2D eigenvalue weighted by Gasteiger charge is 2.18. The van der Waals surface area contributed by atoms with Crippen molar-refractivity contribution < 1.29 is 4.79 Å². The Morgan fingerprint density at radius 1 is 0.769 bits per heavy atom. The van der Waals surface area contributed by atoms with Gasteiger partial charge < -0.3 is 0 Å². The fourth-order valence-electron chi connectivity index (χ4n) is 2.65. The van der Waals surface area contributed by atoms with Crippen molar-refractivity contribution in [3.8, 4) is 11.4 Å². The molecule has 0 fully saturated rings. The predicted molar refractivity (Wildman–Crippen MR) is 103 cm³/mol. The fourth-order valence-corrected chi connectivity index (χ4v) is 2.95. The molecule has 0 saturated carbocycles. The van der Waals surface area contributed by atoms with Crippen LogP contribution in [-0.4, -0.2) is 21.0 Å². The van der Waals surface area contributed by atoms with Crippen LogP contribution in [0.15, 0.2) is 66.7 Å². The highest BCUT2D eigenvalue weighted by atomic mass is 35.5. The van der Waals surface area contributed by atoms with Crippen LogP contribution in [0.4, 0.5) is 0 Å². The lowest BCUT2D eigenvalue weighted by Crippen LogP contribution is -2.05. The van der Waals surface area contributed by atoms with Crippen LogP contribution in [0.25, 0.3) is 22.4 Å². The van der Waals surface area contributed by atoms with Gasteiger partial charge >= 0.3 is 0 Å². The van der Waals surface area contributed by atoms with Crippen LogP contribution in [0.5, 0.6) is 0 Å². The van der Waals surface area contributed by atoms with Crippen LogP contribution >= 0.6 is 23.2 Å². The number of carbonyl (C=O) groups excluding carboxylic acids is 1. The molecule has 126 valence electrons. The third-order valence-corrected chi connectivity index (χ3v) is 4.42. The normalized spacial score (nSPS) is 10.8. The molecule has 6 heteroatoms. The van der Waals surface area contributed by atoms with Gasteiger partial charge in [0.2, 0.25) is 0 Å². The van der Waals surface area contributed by atoms with E-state index in [-0.39, 0.29) is 5.78 Å². The number of aromatic nitrogens is 3. The first kappa shape index (κ1) is 16.6. The van der Waals surface area contributed by atoms with Crippen LogP contribution in [0.3, 0.4) is 0 Å². The van der Waals surface area contributed by atoms with E-state index in [4.69, 9.17) is 23.2 Å². The number of para-hydroxylation sites is 1. The molecule has 0 aliphatic carbocycles. The second-order valence-electron chi connectivity index (χ2n) is 5.65. The molecule has 0 atom stereocenters. The first-order valence-electron chi connectivity index (χ1n) is 7.81. The molecule has 1 aromatic heterocycles. The van der Waals surface area contributed by atoms with Gasteiger partial charge in [-0.2, -0.15) is 0 Å². The van der Waals surface area contributed by atoms with Crippen LogP contribution < -0.4 is 0 Å². The lowest BCUT2D eigenvalue weighted by atomic mass is 9.98. The van der Waals surface area contributed by atoms with Crippen molar-refractivity contribution in [2.24, 2.45) is 0 Å². The predicted octanol–water partition coefficient (Wildman–Crippen LogP) is 5.23. The van der Waals surface area contributed by atoms with E-state index in [9.17, 15) is 4.79 Å². The number of halogens is 2.